The maximum atomic E-state index is 12.8. The quantitative estimate of drug-likeness (QED) is 0.696. The Morgan fingerprint density at radius 2 is 1.43 bits per heavy atom. The van der Waals surface area contributed by atoms with Crippen LogP contribution in [0, 0.1) is 0 Å². The van der Waals surface area contributed by atoms with E-state index in [1.165, 1.54) is 10.5 Å². The van der Waals surface area contributed by atoms with Crippen molar-refractivity contribution in [3.8, 4) is 0 Å². The van der Waals surface area contributed by atoms with E-state index < -0.39 is 0 Å². The van der Waals surface area contributed by atoms with Crippen LogP contribution in [-0.2, 0) is 12.8 Å². The predicted molar refractivity (Wildman–Crippen MR) is 113 cm³/mol. The van der Waals surface area contributed by atoms with Crippen LogP contribution in [0.5, 0.6) is 0 Å². The third kappa shape index (κ3) is 4.86. The fraction of sp³-hybridized carbons (Fsp3) is 0.167. The van der Waals surface area contributed by atoms with Crippen LogP contribution in [0.4, 0.5) is 5.69 Å². The number of rotatable bonds is 6. The molecule has 3 rings (SSSR count). The Kier molecular flexibility index (Phi) is 6.22. The molecule has 0 heterocycles. The van der Waals surface area contributed by atoms with Gasteiger partial charge in [-0.15, -0.1) is 0 Å². The molecule has 0 aliphatic heterocycles. The van der Waals surface area contributed by atoms with Crippen LogP contribution in [-0.4, -0.2) is 30.8 Å². The molecule has 0 atom stereocenters. The lowest BCUT2D eigenvalue weighted by atomic mass is 9.99. The average molecular weight is 372 g/mol. The lowest BCUT2D eigenvalue weighted by Crippen LogP contribution is -2.21. The number of hydrogen-bond donors (Lipinski definition) is 1. The maximum absolute atomic E-state index is 12.8. The molecule has 4 heteroatoms. The monoisotopic (exact) mass is 372 g/mol. The minimum absolute atomic E-state index is 0.0656. The van der Waals surface area contributed by atoms with E-state index in [2.05, 4.69) is 17.4 Å². The summed E-state index contributed by atoms with van der Waals surface area (Å²) in [4.78, 5) is 26.3. The van der Waals surface area contributed by atoms with Crippen molar-refractivity contribution >= 4 is 17.5 Å². The summed E-state index contributed by atoms with van der Waals surface area (Å²) in [5, 5.41) is 2.93. The lowest BCUT2D eigenvalue weighted by Gasteiger charge is -2.12. The summed E-state index contributed by atoms with van der Waals surface area (Å²) in [6, 6.07) is 24.9. The Morgan fingerprint density at radius 1 is 0.786 bits per heavy atom. The molecule has 0 aliphatic carbocycles. The normalized spacial score (nSPS) is 10.4. The van der Waals surface area contributed by atoms with Gasteiger partial charge in [0.05, 0.1) is 0 Å². The minimum atomic E-state index is -0.143. The molecule has 0 unspecified atom stereocenters. The molecule has 2 amide bonds. The molecule has 0 bridgehead atoms. The standard InChI is InChI=1S/C24H24N2O2/c1-26(2)24(28)20-14-16-21(17-15-20)25-23(27)22-11-7-6-10-19(22)13-12-18-8-4-3-5-9-18/h3-11,14-17H,12-13H2,1-2H3,(H,25,27). The van der Waals surface area contributed by atoms with Gasteiger partial charge in [-0.3, -0.25) is 9.59 Å². The molecule has 0 aromatic heterocycles. The number of aryl methyl sites for hydroxylation is 2. The van der Waals surface area contributed by atoms with Gasteiger partial charge in [-0.1, -0.05) is 48.5 Å². The third-order valence-corrected chi connectivity index (χ3v) is 4.58. The van der Waals surface area contributed by atoms with Crippen molar-refractivity contribution in [1.82, 2.24) is 4.90 Å². The smallest absolute Gasteiger partial charge is 0.255 e. The summed E-state index contributed by atoms with van der Waals surface area (Å²) < 4.78 is 0. The Hall–Kier alpha value is -3.40. The maximum Gasteiger partial charge on any atom is 0.255 e. The Bertz CT molecular complexity index is 948. The number of nitrogens with one attached hydrogen (secondary N) is 1. The largest absolute Gasteiger partial charge is 0.345 e. The summed E-state index contributed by atoms with van der Waals surface area (Å²) in [7, 11) is 3.43. The highest BCUT2D eigenvalue weighted by Crippen LogP contribution is 2.16. The van der Waals surface area contributed by atoms with E-state index in [1.807, 2.05) is 42.5 Å². The molecule has 0 saturated heterocycles. The zero-order valence-corrected chi connectivity index (χ0v) is 16.2. The molecule has 0 saturated carbocycles. The second kappa shape index (κ2) is 9.00. The molecule has 0 fully saturated rings. The fourth-order valence-electron chi connectivity index (χ4n) is 3.04. The molecular formula is C24H24N2O2. The van der Waals surface area contributed by atoms with Crippen molar-refractivity contribution < 1.29 is 9.59 Å². The van der Waals surface area contributed by atoms with E-state index in [1.54, 1.807) is 38.4 Å². The number of anilines is 1. The molecule has 3 aromatic carbocycles. The lowest BCUT2D eigenvalue weighted by molar-refractivity contribution is 0.0827. The van der Waals surface area contributed by atoms with Crippen molar-refractivity contribution in [2.24, 2.45) is 0 Å². The van der Waals surface area contributed by atoms with Crippen LogP contribution >= 0.6 is 0 Å². The van der Waals surface area contributed by atoms with E-state index in [9.17, 15) is 9.59 Å². The highest BCUT2D eigenvalue weighted by Gasteiger charge is 2.12. The van der Waals surface area contributed by atoms with Gasteiger partial charge >= 0.3 is 0 Å². The highest BCUT2D eigenvalue weighted by molar-refractivity contribution is 6.05. The summed E-state index contributed by atoms with van der Waals surface area (Å²) in [5.74, 6) is -0.209. The van der Waals surface area contributed by atoms with Gasteiger partial charge in [-0.25, -0.2) is 0 Å². The van der Waals surface area contributed by atoms with Crippen LogP contribution in [0.25, 0.3) is 0 Å². The van der Waals surface area contributed by atoms with Crippen molar-refractivity contribution in [3.05, 3.63) is 101 Å². The van der Waals surface area contributed by atoms with Crippen LogP contribution < -0.4 is 5.32 Å². The second-order valence-corrected chi connectivity index (χ2v) is 6.87. The topological polar surface area (TPSA) is 49.4 Å². The summed E-state index contributed by atoms with van der Waals surface area (Å²) in [6.07, 6.45) is 1.68. The molecule has 4 nitrogen and oxygen atoms in total. The first-order valence-corrected chi connectivity index (χ1v) is 9.29. The highest BCUT2D eigenvalue weighted by atomic mass is 16.2. The zero-order valence-electron chi connectivity index (χ0n) is 16.2. The first-order valence-electron chi connectivity index (χ1n) is 9.29. The molecule has 142 valence electrons. The van der Waals surface area contributed by atoms with E-state index in [0.717, 1.165) is 18.4 Å². The molecule has 3 aromatic rings. The number of hydrogen-bond acceptors (Lipinski definition) is 2. The van der Waals surface area contributed by atoms with Gasteiger partial charge in [0, 0.05) is 30.9 Å². The molecular weight excluding hydrogens is 348 g/mol. The summed E-state index contributed by atoms with van der Waals surface area (Å²) in [6.45, 7) is 0. The first-order chi connectivity index (χ1) is 13.5. The van der Waals surface area contributed by atoms with Crippen molar-refractivity contribution in [2.75, 3.05) is 19.4 Å². The molecule has 0 spiro atoms. The molecule has 0 aliphatic rings. The average Bonchev–Trinajstić information content (AvgIpc) is 2.73. The van der Waals surface area contributed by atoms with E-state index in [0.29, 0.717) is 16.8 Å². The van der Waals surface area contributed by atoms with Gasteiger partial charge in [-0.05, 0) is 54.3 Å². The summed E-state index contributed by atoms with van der Waals surface area (Å²) in [5.41, 5.74) is 4.19. The second-order valence-electron chi connectivity index (χ2n) is 6.87. The first kappa shape index (κ1) is 19.4. The number of carbonyl (C=O) groups is 2. The Balaban J connectivity index is 1.70. The molecule has 1 N–H and O–H groups in total. The van der Waals surface area contributed by atoms with Crippen LogP contribution in [0.2, 0.25) is 0 Å². The number of amides is 2. The van der Waals surface area contributed by atoms with Gasteiger partial charge < -0.3 is 10.2 Å². The number of nitrogens with zero attached hydrogens (tertiary/aromatic N) is 1. The van der Waals surface area contributed by atoms with Gasteiger partial charge in [0.25, 0.3) is 11.8 Å². The summed E-state index contributed by atoms with van der Waals surface area (Å²) >= 11 is 0. The van der Waals surface area contributed by atoms with Crippen LogP contribution in [0.15, 0.2) is 78.9 Å². The minimum Gasteiger partial charge on any atom is -0.345 e. The van der Waals surface area contributed by atoms with Crippen LogP contribution in [0.3, 0.4) is 0 Å². The Morgan fingerprint density at radius 3 is 2.11 bits per heavy atom. The van der Waals surface area contributed by atoms with Crippen molar-refractivity contribution in [3.63, 3.8) is 0 Å². The van der Waals surface area contributed by atoms with Gasteiger partial charge in [0.15, 0.2) is 0 Å². The third-order valence-electron chi connectivity index (χ3n) is 4.58. The van der Waals surface area contributed by atoms with Gasteiger partial charge in [0.1, 0.15) is 0 Å². The van der Waals surface area contributed by atoms with Gasteiger partial charge in [0.2, 0.25) is 0 Å². The zero-order chi connectivity index (χ0) is 19.9. The van der Waals surface area contributed by atoms with Crippen LogP contribution in [0.1, 0.15) is 31.8 Å². The number of benzene rings is 3. The van der Waals surface area contributed by atoms with E-state index >= 15 is 0 Å². The fourth-order valence-corrected chi connectivity index (χ4v) is 3.04. The van der Waals surface area contributed by atoms with Crippen molar-refractivity contribution in [1.29, 1.82) is 0 Å². The molecule has 0 radical (unpaired) electrons. The SMILES string of the molecule is CN(C)C(=O)c1ccc(NC(=O)c2ccccc2CCc2ccccc2)cc1. The number of carbonyl (C=O) groups excluding carboxylic acids is 2. The predicted octanol–water partition coefficient (Wildman–Crippen LogP) is 4.43. The van der Waals surface area contributed by atoms with E-state index in [-0.39, 0.29) is 11.8 Å². The molecule has 28 heavy (non-hydrogen) atoms. The Labute approximate surface area is 165 Å². The van der Waals surface area contributed by atoms with E-state index in [4.69, 9.17) is 0 Å². The van der Waals surface area contributed by atoms with Gasteiger partial charge in [-0.2, -0.15) is 0 Å². The van der Waals surface area contributed by atoms with Crippen molar-refractivity contribution in [2.45, 2.75) is 12.8 Å².